The molecular formula is C12H15NO4. The number of carbonyl (C=O) groups excluding carboxylic acids is 2. The molecule has 2 aliphatic rings. The number of carbonyl (C=O) groups is 3. The molecule has 1 aliphatic heterocycles. The van der Waals surface area contributed by atoms with Crippen LogP contribution in [0.2, 0.25) is 0 Å². The van der Waals surface area contributed by atoms with E-state index in [2.05, 4.69) is 5.32 Å². The Kier molecular flexibility index (Phi) is 5.13. The normalized spacial score (nSPS) is 17.3. The number of hydrogen-bond acceptors (Lipinski definition) is 3. The molecule has 5 heteroatoms. The SMILES string of the molecule is O=C(O)CCC1=CC=CC1.O=C1CCC(=O)N1. The molecule has 0 aromatic rings. The van der Waals surface area contributed by atoms with Crippen LogP contribution in [0.15, 0.2) is 23.8 Å². The molecule has 0 spiro atoms. The van der Waals surface area contributed by atoms with Gasteiger partial charge >= 0.3 is 5.97 Å². The van der Waals surface area contributed by atoms with E-state index >= 15 is 0 Å². The van der Waals surface area contributed by atoms with Gasteiger partial charge in [0.15, 0.2) is 0 Å². The number of carboxylic acid groups (broad SMARTS) is 1. The Morgan fingerprint density at radius 1 is 1.29 bits per heavy atom. The molecule has 0 aromatic carbocycles. The van der Waals surface area contributed by atoms with Gasteiger partial charge < -0.3 is 5.11 Å². The second-order valence-electron chi connectivity index (χ2n) is 3.82. The third-order valence-electron chi connectivity index (χ3n) is 2.37. The first-order valence-electron chi connectivity index (χ1n) is 5.47. The van der Waals surface area contributed by atoms with Gasteiger partial charge in [-0.3, -0.25) is 19.7 Å². The lowest BCUT2D eigenvalue weighted by Crippen LogP contribution is -2.18. The Labute approximate surface area is 99.2 Å². The van der Waals surface area contributed by atoms with Crippen LogP contribution < -0.4 is 5.32 Å². The summed E-state index contributed by atoms with van der Waals surface area (Å²) < 4.78 is 0. The van der Waals surface area contributed by atoms with Crippen molar-refractivity contribution in [3.63, 3.8) is 0 Å². The van der Waals surface area contributed by atoms with E-state index in [1.165, 1.54) is 5.57 Å². The molecular weight excluding hydrogens is 222 g/mol. The number of imide groups is 1. The molecule has 1 fully saturated rings. The lowest BCUT2D eigenvalue weighted by molar-refractivity contribution is -0.137. The van der Waals surface area contributed by atoms with Crippen molar-refractivity contribution in [1.82, 2.24) is 5.32 Å². The zero-order chi connectivity index (χ0) is 12.7. The summed E-state index contributed by atoms with van der Waals surface area (Å²) in [5.74, 6) is -1.01. The summed E-state index contributed by atoms with van der Waals surface area (Å²) in [5.41, 5.74) is 1.22. The molecule has 0 radical (unpaired) electrons. The molecule has 0 atom stereocenters. The first kappa shape index (κ1) is 13.2. The van der Waals surface area contributed by atoms with Crippen molar-refractivity contribution in [2.75, 3.05) is 0 Å². The summed E-state index contributed by atoms with van der Waals surface area (Å²) in [6, 6.07) is 0. The van der Waals surface area contributed by atoms with Crippen molar-refractivity contribution >= 4 is 17.8 Å². The summed E-state index contributed by atoms with van der Waals surface area (Å²) >= 11 is 0. The first-order valence-corrected chi connectivity index (χ1v) is 5.47. The van der Waals surface area contributed by atoms with Gasteiger partial charge in [-0.25, -0.2) is 0 Å². The van der Waals surface area contributed by atoms with Crippen LogP contribution in [0.4, 0.5) is 0 Å². The van der Waals surface area contributed by atoms with E-state index in [0.717, 1.165) is 6.42 Å². The number of carboxylic acids is 1. The van der Waals surface area contributed by atoms with Gasteiger partial charge in [0, 0.05) is 19.3 Å². The van der Waals surface area contributed by atoms with Crippen molar-refractivity contribution in [3.05, 3.63) is 23.8 Å². The number of hydrogen-bond donors (Lipinski definition) is 2. The quantitative estimate of drug-likeness (QED) is 0.721. The van der Waals surface area contributed by atoms with Crippen LogP contribution in [0, 0.1) is 0 Å². The van der Waals surface area contributed by atoms with E-state index in [1.807, 2.05) is 18.2 Å². The van der Waals surface area contributed by atoms with Crippen molar-refractivity contribution < 1.29 is 19.5 Å². The van der Waals surface area contributed by atoms with Crippen LogP contribution in [0.25, 0.3) is 0 Å². The second-order valence-corrected chi connectivity index (χ2v) is 3.82. The van der Waals surface area contributed by atoms with Gasteiger partial charge in [0.25, 0.3) is 0 Å². The molecule has 0 aromatic heterocycles. The first-order chi connectivity index (χ1) is 8.08. The Morgan fingerprint density at radius 2 is 1.94 bits per heavy atom. The van der Waals surface area contributed by atoms with E-state index in [9.17, 15) is 14.4 Å². The smallest absolute Gasteiger partial charge is 0.303 e. The highest BCUT2D eigenvalue weighted by Crippen LogP contribution is 2.15. The Balaban J connectivity index is 0.000000181. The van der Waals surface area contributed by atoms with Gasteiger partial charge in [-0.15, -0.1) is 0 Å². The van der Waals surface area contributed by atoms with E-state index in [1.54, 1.807) is 0 Å². The summed E-state index contributed by atoms with van der Waals surface area (Å²) in [6.07, 6.45) is 8.64. The van der Waals surface area contributed by atoms with E-state index in [0.29, 0.717) is 19.3 Å². The zero-order valence-corrected chi connectivity index (χ0v) is 9.44. The summed E-state index contributed by atoms with van der Waals surface area (Å²) in [7, 11) is 0. The van der Waals surface area contributed by atoms with Crippen LogP contribution in [0.1, 0.15) is 32.1 Å². The molecule has 2 rings (SSSR count). The molecule has 5 nitrogen and oxygen atoms in total. The van der Waals surface area contributed by atoms with Gasteiger partial charge in [0.05, 0.1) is 0 Å². The highest BCUT2D eigenvalue weighted by molar-refractivity contribution is 6.01. The van der Waals surface area contributed by atoms with Gasteiger partial charge in [-0.1, -0.05) is 23.8 Å². The average Bonchev–Trinajstić information content (AvgIpc) is 2.88. The largest absolute Gasteiger partial charge is 0.481 e. The fraction of sp³-hybridized carbons (Fsp3) is 0.417. The minimum atomic E-state index is -0.715. The summed E-state index contributed by atoms with van der Waals surface area (Å²) in [4.78, 5) is 30.4. The van der Waals surface area contributed by atoms with Crippen LogP contribution in [-0.4, -0.2) is 22.9 Å². The van der Waals surface area contributed by atoms with E-state index in [4.69, 9.17) is 5.11 Å². The second kappa shape index (κ2) is 6.62. The maximum absolute atomic E-state index is 10.1. The third-order valence-corrected chi connectivity index (χ3v) is 2.37. The molecule has 92 valence electrons. The van der Waals surface area contributed by atoms with Gasteiger partial charge in [-0.05, 0) is 12.8 Å². The lowest BCUT2D eigenvalue weighted by atomic mass is 10.1. The van der Waals surface area contributed by atoms with Crippen molar-refractivity contribution in [2.24, 2.45) is 0 Å². The number of allylic oxidation sites excluding steroid dienone is 4. The maximum Gasteiger partial charge on any atom is 0.303 e. The molecule has 2 N–H and O–H groups in total. The molecule has 0 saturated carbocycles. The average molecular weight is 237 g/mol. The molecule has 2 amide bonds. The van der Waals surface area contributed by atoms with E-state index < -0.39 is 5.97 Å². The third kappa shape index (κ3) is 5.65. The lowest BCUT2D eigenvalue weighted by Gasteiger charge is -1.95. The Morgan fingerprint density at radius 3 is 2.29 bits per heavy atom. The molecule has 1 saturated heterocycles. The van der Waals surface area contributed by atoms with Crippen LogP contribution in [0.5, 0.6) is 0 Å². The molecule has 0 unspecified atom stereocenters. The highest BCUT2D eigenvalue weighted by atomic mass is 16.4. The predicted octanol–water partition coefficient (Wildman–Crippen LogP) is 1.16. The maximum atomic E-state index is 10.1. The van der Waals surface area contributed by atoms with Gasteiger partial charge in [-0.2, -0.15) is 0 Å². The Hall–Kier alpha value is -1.91. The summed E-state index contributed by atoms with van der Waals surface area (Å²) in [6.45, 7) is 0. The molecule has 17 heavy (non-hydrogen) atoms. The number of rotatable bonds is 3. The van der Waals surface area contributed by atoms with E-state index in [-0.39, 0.29) is 18.2 Å². The fourth-order valence-corrected chi connectivity index (χ4v) is 1.45. The van der Waals surface area contributed by atoms with Crippen LogP contribution in [-0.2, 0) is 14.4 Å². The van der Waals surface area contributed by atoms with Gasteiger partial charge in [0.2, 0.25) is 11.8 Å². The Bertz CT molecular complexity index is 368. The minimum absolute atomic E-state index is 0.148. The van der Waals surface area contributed by atoms with Crippen molar-refractivity contribution in [3.8, 4) is 0 Å². The number of nitrogens with one attached hydrogen (secondary N) is 1. The summed E-state index contributed by atoms with van der Waals surface area (Å²) in [5, 5.41) is 10.5. The molecule has 0 bridgehead atoms. The van der Waals surface area contributed by atoms with Crippen molar-refractivity contribution in [2.45, 2.75) is 32.1 Å². The topological polar surface area (TPSA) is 83.5 Å². The van der Waals surface area contributed by atoms with Crippen LogP contribution in [0.3, 0.4) is 0 Å². The fourth-order valence-electron chi connectivity index (χ4n) is 1.45. The predicted molar refractivity (Wildman–Crippen MR) is 61.1 cm³/mol. The number of amides is 2. The number of aliphatic carboxylic acids is 1. The standard InChI is InChI=1S/C8H10O2.C4H5NO2/c9-8(10)6-5-7-3-1-2-4-7;6-3-1-2-4(7)5-3/h1-3H,4-6H2,(H,9,10);1-2H2,(H,5,6,7). The van der Waals surface area contributed by atoms with Crippen LogP contribution >= 0.6 is 0 Å². The molecule has 1 heterocycles. The minimum Gasteiger partial charge on any atom is -0.481 e. The highest BCUT2D eigenvalue weighted by Gasteiger charge is 2.15. The molecule has 1 aliphatic carbocycles. The zero-order valence-electron chi connectivity index (χ0n) is 9.44. The van der Waals surface area contributed by atoms with Gasteiger partial charge in [0.1, 0.15) is 0 Å². The van der Waals surface area contributed by atoms with Crippen molar-refractivity contribution in [1.29, 1.82) is 0 Å². The monoisotopic (exact) mass is 237 g/mol.